The van der Waals surface area contributed by atoms with Crippen molar-refractivity contribution >= 4 is 11.3 Å². The fourth-order valence-electron chi connectivity index (χ4n) is 3.82. The van der Waals surface area contributed by atoms with E-state index in [1.165, 1.54) is 5.56 Å². The number of hydrogen-bond donors (Lipinski definition) is 1. The molecule has 0 amide bonds. The average Bonchev–Trinajstić information content (AvgIpc) is 3.44. The van der Waals surface area contributed by atoms with E-state index in [9.17, 15) is 0 Å². The first-order chi connectivity index (χ1) is 14.8. The number of nitrogens with zero attached hydrogens (tertiary/aromatic N) is 5. The van der Waals surface area contributed by atoms with Gasteiger partial charge in [-0.1, -0.05) is 0 Å². The molecule has 0 saturated carbocycles. The van der Waals surface area contributed by atoms with Crippen molar-refractivity contribution in [3.8, 4) is 17.0 Å². The van der Waals surface area contributed by atoms with E-state index in [-0.39, 0.29) is 6.04 Å². The number of rotatable bonds is 6. The number of methoxy groups -OCH3 is 1. The molecule has 0 radical (unpaired) electrons. The molecule has 0 unspecified atom stereocenters. The first-order valence-corrected chi connectivity index (χ1v) is 9.89. The molecule has 30 heavy (non-hydrogen) atoms. The number of benzene rings is 1. The molecule has 152 valence electrons. The monoisotopic (exact) mass is 402 g/mol. The minimum absolute atomic E-state index is 0.171. The van der Waals surface area contributed by atoms with E-state index in [2.05, 4.69) is 37.7 Å². The highest BCUT2D eigenvalue weighted by molar-refractivity contribution is 5.73. The molecule has 1 saturated heterocycles. The molecule has 3 aromatic heterocycles. The Morgan fingerprint density at radius 1 is 1.13 bits per heavy atom. The molecule has 0 spiro atoms. The summed E-state index contributed by atoms with van der Waals surface area (Å²) in [5.41, 5.74) is 4.67. The van der Waals surface area contributed by atoms with Crippen LogP contribution in [-0.4, -0.2) is 51.2 Å². The van der Waals surface area contributed by atoms with Crippen molar-refractivity contribution in [2.75, 3.05) is 25.6 Å². The third-order valence-electron chi connectivity index (χ3n) is 5.44. The Labute approximate surface area is 173 Å². The first kappa shape index (κ1) is 18.5. The summed E-state index contributed by atoms with van der Waals surface area (Å²) in [4.78, 5) is 4.10. The molecular weight excluding hydrogens is 380 g/mol. The number of hydrogen-bond acceptors (Lipinski definition) is 7. The summed E-state index contributed by atoms with van der Waals surface area (Å²) in [6.07, 6.45) is 6.21. The molecule has 1 aromatic carbocycles. The summed E-state index contributed by atoms with van der Waals surface area (Å²) in [6.45, 7) is 1.37. The van der Waals surface area contributed by atoms with Gasteiger partial charge in [-0.3, -0.25) is 4.98 Å². The van der Waals surface area contributed by atoms with E-state index in [1.807, 2.05) is 42.7 Å². The largest absolute Gasteiger partial charge is 0.497 e. The molecule has 8 heteroatoms. The third kappa shape index (κ3) is 3.69. The van der Waals surface area contributed by atoms with Crippen molar-refractivity contribution in [2.45, 2.75) is 12.5 Å². The van der Waals surface area contributed by atoms with Crippen molar-refractivity contribution in [1.82, 2.24) is 24.8 Å². The van der Waals surface area contributed by atoms with E-state index in [1.54, 1.807) is 18.0 Å². The summed E-state index contributed by atoms with van der Waals surface area (Å²) < 4.78 is 12.8. The predicted octanol–water partition coefficient (Wildman–Crippen LogP) is 2.86. The lowest BCUT2D eigenvalue weighted by atomic mass is 9.95. The molecule has 0 aliphatic carbocycles. The lowest BCUT2D eigenvalue weighted by Gasteiger charge is -2.20. The van der Waals surface area contributed by atoms with Gasteiger partial charge in [-0.15, -0.1) is 10.2 Å². The second-order valence-corrected chi connectivity index (χ2v) is 7.38. The topological polar surface area (TPSA) is 86.5 Å². The van der Waals surface area contributed by atoms with Gasteiger partial charge in [0.1, 0.15) is 12.1 Å². The highest BCUT2D eigenvalue weighted by Gasteiger charge is 2.29. The third-order valence-corrected chi connectivity index (χ3v) is 5.44. The molecule has 4 heterocycles. The average molecular weight is 402 g/mol. The van der Waals surface area contributed by atoms with Crippen LogP contribution < -0.4 is 10.1 Å². The maximum atomic E-state index is 5.80. The zero-order valence-electron chi connectivity index (χ0n) is 16.6. The van der Waals surface area contributed by atoms with Crippen LogP contribution in [0, 0.1) is 5.92 Å². The van der Waals surface area contributed by atoms with Crippen molar-refractivity contribution in [1.29, 1.82) is 0 Å². The minimum atomic E-state index is 0.171. The van der Waals surface area contributed by atoms with Crippen molar-refractivity contribution in [3.63, 3.8) is 0 Å². The highest BCUT2D eigenvalue weighted by atomic mass is 16.5. The van der Waals surface area contributed by atoms with Crippen LogP contribution >= 0.6 is 0 Å². The number of aromatic nitrogens is 5. The van der Waals surface area contributed by atoms with E-state index >= 15 is 0 Å². The summed E-state index contributed by atoms with van der Waals surface area (Å²) in [7, 11) is 1.66. The second kappa shape index (κ2) is 8.08. The van der Waals surface area contributed by atoms with Crippen LogP contribution in [0.5, 0.6) is 5.75 Å². The van der Waals surface area contributed by atoms with Crippen LogP contribution in [0.3, 0.4) is 0 Å². The van der Waals surface area contributed by atoms with Gasteiger partial charge in [-0.2, -0.15) is 9.61 Å². The molecule has 1 N–H and O–H groups in total. The highest BCUT2D eigenvalue weighted by Crippen LogP contribution is 2.28. The van der Waals surface area contributed by atoms with Crippen LogP contribution in [0.15, 0.2) is 61.2 Å². The Hall–Kier alpha value is -3.52. The van der Waals surface area contributed by atoms with Crippen molar-refractivity contribution in [2.24, 2.45) is 5.92 Å². The van der Waals surface area contributed by atoms with Crippen LogP contribution in [-0.2, 0) is 11.2 Å². The summed E-state index contributed by atoms with van der Waals surface area (Å²) in [5, 5.41) is 16.6. The number of fused-ring (bicyclic) bond motifs is 1. The quantitative estimate of drug-likeness (QED) is 0.531. The number of pyridine rings is 1. The lowest BCUT2D eigenvalue weighted by molar-refractivity contribution is 0.185. The van der Waals surface area contributed by atoms with Gasteiger partial charge in [0.15, 0.2) is 0 Å². The fourth-order valence-corrected chi connectivity index (χ4v) is 3.82. The maximum Gasteiger partial charge on any atom is 0.200 e. The van der Waals surface area contributed by atoms with E-state index in [4.69, 9.17) is 9.47 Å². The Morgan fingerprint density at radius 3 is 2.77 bits per heavy atom. The van der Waals surface area contributed by atoms with Crippen molar-refractivity contribution < 1.29 is 9.47 Å². The van der Waals surface area contributed by atoms with Gasteiger partial charge >= 0.3 is 0 Å². The molecular formula is C22H22N6O2. The molecule has 0 bridgehead atoms. The summed E-state index contributed by atoms with van der Waals surface area (Å²) in [5.74, 6) is 1.16. The van der Waals surface area contributed by atoms with Gasteiger partial charge in [0.2, 0.25) is 5.65 Å². The van der Waals surface area contributed by atoms with Crippen LogP contribution in [0.4, 0.5) is 5.69 Å². The van der Waals surface area contributed by atoms with Crippen LogP contribution in [0.25, 0.3) is 16.9 Å². The van der Waals surface area contributed by atoms with E-state index in [0.717, 1.165) is 35.7 Å². The van der Waals surface area contributed by atoms with Gasteiger partial charge in [0.25, 0.3) is 0 Å². The maximum absolute atomic E-state index is 5.80. The second-order valence-electron chi connectivity index (χ2n) is 7.38. The zero-order chi connectivity index (χ0) is 20.3. The number of anilines is 1. The minimum Gasteiger partial charge on any atom is -0.497 e. The van der Waals surface area contributed by atoms with Gasteiger partial charge in [-0.05, 0) is 54.4 Å². The molecule has 5 rings (SSSR count). The molecule has 1 fully saturated rings. The fraction of sp³-hybridized carbons (Fsp3) is 0.273. The normalized spacial score (nSPS) is 18.6. The first-order valence-electron chi connectivity index (χ1n) is 9.89. The van der Waals surface area contributed by atoms with Gasteiger partial charge in [0, 0.05) is 23.9 Å². The molecule has 8 nitrogen and oxygen atoms in total. The van der Waals surface area contributed by atoms with Crippen molar-refractivity contribution in [3.05, 3.63) is 66.7 Å². The van der Waals surface area contributed by atoms with Gasteiger partial charge < -0.3 is 14.8 Å². The van der Waals surface area contributed by atoms with Gasteiger partial charge in [-0.25, -0.2) is 0 Å². The molecule has 4 aromatic rings. The summed E-state index contributed by atoms with van der Waals surface area (Å²) >= 11 is 0. The molecule has 2 atom stereocenters. The SMILES string of the molecule is COc1ccc(-c2cc(N[C@H]3COC[C@H]3Cc3ccncc3)c3nncn3n2)cc1. The predicted molar refractivity (Wildman–Crippen MR) is 112 cm³/mol. The lowest BCUT2D eigenvalue weighted by Crippen LogP contribution is -2.29. The number of ether oxygens (including phenoxy) is 2. The Balaban J connectivity index is 1.43. The Kier molecular flexibility index (Phi) is 4.98. The smallest absolute Gasteiger partial charge is 0.200 e. The van der Waals surface area contributed by atoms with E-state index < -0.39 is 0 Å². The molecule has 1 aliphatic rings. The van der Waals surface area contributed by atoms with Crippen LogP contribution in [0.1, 0.15) is 5.56 Å². The molecule has 1 aliphatic heterocycles. The summed E-state index contributed by atoms with van der Waals surface area (Å²) in [6, 6.07) is 14.1. The number of nitrogens with one attached hydrogen (secondary N) is 1. The Morgan fingerprint density at radius 2 is 1.97 bits per heavy atom. The van der Waals surface area contributed by atoms with Crippen LogP contribution in [0.2, 0.25) is 0 Å². The van der Waals surface area contributed by atoms with E-state index in [0.29, 0.717) is 18.2 Å². The standard InChI is InChI=1S/C22H22N6O2/c1-29-18-4-2-16(3-5-18)19-11-20(22-26-24-14-28(22)27-19)25-21-13-30-12-17(21)10-15-6-8-23-9-7-15/h2-9,11,14,17,21,25H,10,12-13H2,1H3/t17-,21+/m1/s1. The Bertz CT molecular complexity index is 1130. The zero-order valence-corrected chi connectivity index (χ0v) is 16.6. The van der Waals surface area contributed by atoms with Gasteiger partial charge in [0.05, 0.1) is 37.7 Å².